The minimum atomic E-state index is -0.679. The quantitative estimate of drug-likeness (QED) is 0.376. The summed E-state index contributed by atoms with van der Waals surface area (Å²) in [5, 5.41) is 13.8. The van der Waals surface area contributed by atoms with E-state index in [9.17, 15) is 14.9 Å². The van der Waals surface area contributed by atoms with Crippen molar-refractivity contribution >= 4 is 27.7 Å². The Morgan fingerprint density at radius 1 is 1.50 bits per heavy atom. The number of hydrogen-bond acceptors (Lipinski definition) is 4. The molecule has 88 valence electrons. The molecule has 0 radical (unpaired) electrons. The zero-order chi connectivity index (χ0) is 12.0. The molecule has 0 aromatic carbocycles. The molecule has 0 saturated heterocycles. The maximum Gasteiger partial charge on any atom is 0.433 e. The smallest absolute Gasteiger partial charge is 0.395 e. The van der Waals surface area contributed by atoms with Crippen LogP contribution in [-0.4, -0.2) is 22.7 Å². The lowest BCUT2D eigenvalue weighted by molar-refractivity contribution is -0.402. The Bertz CT molecular complexity index is 377. The van der Waals surface area contributed by atoms with Crippen LogP contribution in [0.3, 0.4) is 0 Å². The Balaban J connectivity index is 2.43. The topological polar surface area (TPSA) is 85.4 Å². The molecule has 1 aromatic rings. The number of rotatable bonds is 6. The first-order valence-corrected chi connectivity index (χ1v) is 5.85. The first-order valence-electron chi connectivity index (χ1n) is 4.73. The summed E-state index contributed by atoms with van der Waals surface area (Å²) in [6.07, 6.45) is 1.80. The molecular weight excluding hydrogens is 280 g/mol. The third kappa shape index (κ3) is 3.65. The number of nitro groups is 1. The highest BCUT2D eigenvalue weighted by Crippen LogP contribution is 2.15. The summed E-state index contributed by atoms with van der Waals surface area (Å²) in [5.41, 5.74) is 0. The average Bonchev–Trinajstić information content (AvgIpc) is 2.73. The van der Waals surface area contributed by atoms with Gasteiger partial charge < -0.3 is 9.73 Å². The van der Waals surface area contributed by atoms with Crippen molar-refractivity contribution in [2.45, 2.75) is 12.8 Å². The molecule has 0 aliphatic rings. The number of unbranched alkanes of at least 4 members (excludes halogenated alkanes) is 1. The number of carbonyl (C=O) groups is 1. The molecule has 1 heterocycles. The molecule has 0 fully saturated rings. The highest BCUT2D eigenvalue weighted by atomic mass is 79.9. The predicted octanol–water partition coefficient (Wildman–Crippen LogP) is 2.09. The van der Waals surface area contributed by atoms with Gasteiger partial charge in [-0.1, -0.05) is 15.9 Å². The number of amides is 1. The van der Waals surface area contributed by atoms with E-state index in [1.165, 1.54) is 6.07 Å². The summed E-state index contributed by atoms with van der Waals surface area (Å²) in [5.74, 6) is -0.890. The van der Waals surface area contributed by atoms with Crippen molar-refractivity contribution in [3.63, 3.8) is 0 Å². The fourth-order valence-corrected chi connectivity index (χ4v) is 1.45. The molecule has 7 heteroatoms. The lowest BCUT2D eigenvalue weighted by Gasteiger charge is -2.00. The van der Waals surface area contributed by atoms with Crippen LogP contribution in [0.4, 0.5) is 5.88 Å². The summed E-state index contributed by atoms with van der Waals surface area (Å²) in [6.45, 7) is 0.527. The lowest BCUT2D eigenvalue weighted by atomic mass is 10.3. The van der Waals surface area contributed by atoms with Gasteiger partial charge in [-0.05, 0) is 18.9 Å². The Labute approximate surface area is 100 Å². The Kier molecular flexibility index (Phi) is 4.97. The van der Waals surface area contributed by atoms with Gasteiger partial charge in [0.05, 0.1) is 6.07 Å². The Morgan fingerprint density at radius 2 is 2.25 bits per heavy atom. The second kappa shape index (κ2) is 6.26. The van der Waals surface area contributed by atoms with Crippen molar-refractivity contribution in [2.24, 2.45) is 0 Å². The fraction of sp³-hybridized carbons (Fsp3) is 0.444. The highest BCUT2D eigenvalue weighted by molar-refractivity contribution is 9.09. The van der Waals surface area contributed by atoms with E-state index in [2.05, 4.69) is 21.2 Å². The number of furan rings is 1. The first-order chi connectivity index (χ1) is 7.65. The summed E-state index contributed by atoms with van der Waals surface area (Å²) in [7, 11) is 0. The van der Waals surface area contributed by atoms with Gasteiger partial charge in [-0.25, -0.2) is 0 Å². The predicted molar refractivity (Wildman–Crippen MR) is 60.7 cm³/mol. The first kappa shape index (κ1) is 12.7. The van der Waals surface area contributed by atoms with Crippen molar-refractivity contribution in [1.82, 2.24) is 5.32 Å². The summed E-state index contributed by atoms with van der Waals surface area (Å²) in [4.78, 5) is 21.0. The lowest BCUT2D eigenvalue weighted by Crippen LogP contribution is -2.23. The van der Waals surface area contributed by atoms with E-state index < -0.39 is 16.7 Å². The summed E-state index contributed by atoms with van der Waals surface area (Å²) >= 11 is 3.27. The minimum absolute atomic E-state index is 0.0365. The van der Waals surface area contributed by atoms with Crippen LogP contribution in [-0.2, 0) is 0 Å². The molecule has 0 spiro atoms. The molecule has 0 bridgehead atoms. The van der Waals surface area contributed by atoms with Gasteiger partial charge in [0, 0.05) is 11.9 Å². The monoisotopic (exact) mass is 290 g/mol. The van der Waals surface area contributed by atoms with E-state index in [1.54, 1.807) is 0 Å². The van der Waals surface area contributed by atoms with Crippen molar-refractivity contribution in [3.8, 4) is 0 Å². The third-order valence-corrected chi connectivity index (χ3v) is 2.40. The van der Waals surface area contributed by atoms with Crippen LogP contribution in [0.15, 0.2) is 16.5 Å². The van der Waals surface area contributed by atoms with Gasteiger partial charge in [0.15, 0.2) is 5.76 Å². The van der Waals surface area contributed by atoms with Gasteiger partial charge >= 0.3 is 5.88 Å². The van der Waals surface area contributed by atoms with Gasteiger partial charge in [-0.3, -0.25) is 14.9 Å². The van der Waals surface area contributed by atoms with Crippen LogP contribution in [0, 0.1) is 10.1 Å². The molecule has 1 aromatic heterocycles. The molecule has 0 saturated carbocycles. The average molecular weight is 291 g/mol. The van der Waals surface area contributed by atoms with Crippen LogP contribution >= 0.6 is 15.9 Å². The molecule has 0 unspecified atom stereocenters. The molecule has 1 amide bonds. The standard InChI is InChI=1S/C9H11BrN2O4/c10-5-1-2-6-11-9(13)7-3-4-8(16-7)12(14)15/h3-4H,1-2,5-6H2,(H,11,13). The van der Waals surface area contributed by atoms with E-state index in [0.29, 0.717) is 6.54 Å². The van der Waals surface area contributed by atoms with E-state index in [1.807, 2.05) is 0 Å². The van der Waals surface area contributed by atoms with Crippen molar-refractivity contribution in [1.29, 1.82) is 0 Å². The fourth-order valence-electron chi connectivity index (χ4n) is 1.06. The van der Waals surface area contributed by atoms with Crippen LogP contribution in [0.2, 0.25) is 0 Å². The molecule has 0 atom stereocenters. The molecule has 0 aliphatic heterocycles. The Morgan fingerprint density at radius 3 is 2.81 bits per heavy atom. The van der Waals surface area contributed by atoms with Gasteiger partial charge in [-0.2, -0.15) is 0 Å². The van der Waals surface area contributed by atoms with Gasteiger partial charge in [0.25, 0.3) is 5.91 Å². The molecule has 6 nitrogen and oxygen atoms in total. The summed E-state index contributed by atoms with van der Waals surface area (Å²) < 4.78 is 4.74. The third-order valence-electron chi connectivity index (χ3n) is 1.84. The second-order valence-electron chi connectivity index (χ2n) is 3.05. The van der Waals surface area contributed by atoms with Crippen molar-refractivity contribution < 1.29 is 14.1 Å². The molecule has 16 heavy (non-hydrogen) atoms. The van der Waals surface area contributed by atoms with Gasteiger partial charge in [0.1, 0.15) is 4.92 Å². The normalized spacial score (nSPS) is 10.1. The van der Waals surface area contributed by atoms with Crippen LogP contribution in [0.25, 0.3) is 0 Å². The Hall–Kier alpha value is -1.37. The van der Waals surface area contributed by atoms with Crippen LogP contribution in [0.5, 0.6) is 0 Å². The zero-order valence-electron chi connectivity index (χ0n) is 8.44. The molecule has 0 aliphatic carbocycles. The van der Waals surface area contributed by atoms with Crippen LogP contribution in [0.1, 0.15) is 23.4 Å². The van der Waals surface area contributed by atoms with Crippen molar-refractivity contribution in [3.05, 3.63) is 28.0 Å². The van der Waals surface area contributed by atoms with Crippen molar-refractivity contribution in [2.75, 3.05) is 11.9 Å². The van der Waals surface area contributed by atoms with E-state index in [0.717, 1.165) is 24.2 Å². The highest BCUT2D eigenvalue weighted by Gasteiger charge is 2.16. The number of nitrogens with zero attached hydrogens (tertiary/aromatic N) is 1. The molecule has 1 rings (SSSR count). The maximum atomic E-state index is 11.4. The zero-order valence-corrected chi connectivity index (χ0v) is 10.0. The minimum Gasteiger partial charge on any atom is -0.395 e. The SMILES string of the molecule is O=C(NCCCCBr)c1ccc([N+](=O)[O-])o1. The number of carbonyl (C=O) groups excluding carboxylic acids is 1. The van der Waals surface area contributed by atoms with E-state index >= 15 is 0 Å². The summed E-state index contributed by atoms with van der Waals surface area (Å²) in [6, 6.07) is 2.45. The second-order valence-corrected chi connectivity index (χ2v) is 3.84. The molecular formula is C9H11BrN2O4. The number of nitrogens with one attached hydrogen (secondary N) is 1. The molecule has 1 N–H and O–H groups in total. The maximum absolute atomic E-state index is 11.4. The van der Waals surface area contributed by atoms with Crippen LogP contribution < -0.4 is 5.32 Å². The van der Waals surface area contributed by atoms with Gasteiger partial charge in [-0.15, -0.1) is 0 Å². The van der Waals surface area contributed by atoms with E-state index in [4.69, 9.17) is 4.42 Å². The van der Waals surface area contributed by atoms with E-state index in [-0.39, 0.29) is 5.76 Å². The largest absolute Gasteiger partial charge is 0.433 e. The number of halogens is 1. The van der Waals surface area contributed by atoms with Gasteiger partial charge in [0.2, 0.25) is 0 Å². The number of alkyl halides is 1. The number of hydrogen-bond donors (Lipinski definition) is 1.